The fourth-order valence-corrected chi connectivity index (χ4v) is 2.04. The van der Waals surface area contributed by atoms with Gasteiger partial charge in [0.1, 0.15) is 0 Å². The van der Waals surface area contributed by atoms with E-state index in [1.807, 2.05) is 18.2 Å². The molecule has 0 aliphatic carbocycles. The molecule has 2 rings (SSSR count). The number of benzene rings is 1. The predicted molar refractivity (Wildman–Crippen MR) is 63.1 cm³/mol. The van der Waals surface area contributed by atoms with Gasteiger partial charge in [0.2, 0.25) is 0 Å². The summed E-state index contributed by atoms with van der Waals surface area (Å²) in [5.41, 5.74) is 7.83. The molecule has 1 aliphatic rings. The number of nitrogens with zero attached hydrogens (tertiary/aromatic N) is 1. The third-order valence-corrected chi connectivity index (χ3v) is 2.90. The molecule has 1 aliphatic heterocycles. The Kier molecular flexibility index (Phi) is 3.11. The van der Waals surface area contributed by atoms with Crippen LogP contribution in [0.2, 0.25) is 0 Å². The monoisotopic (exact) mass is 206 g/mol. The maximum atomic E-state index is 5.79. The fourth-order valence-electron chi connectivity index (χ4n) is 2.04. The third-order valence-electron chi connectivity index (χ3n) is 2.90. The van der Waals surface area contributed by atoms with Crippen LogP contribution >= 0.6 is 0 Å². The zero-order chi connectivity index (χ0) is 10.7. The molecule has 3 heteroatoms. The minimum absolute atomic E-state index is 0.487. The number of hydrogen-bond acceptors (Lipinski definition) is 3. The standard InChI is InChI=1S/C12H18N2O/c1-2-11-9-15-7-6-14(11)12-5-3-4-10(13)8-12/h3-5,8,11H,2,6-7,9,13H2,1H3. The second-order valence-electron chi connectivity index (χ2n) is 3.93. The Labute approximate surface area is 90.8 Å². The first-order valence-corrected chi connectivity index (χ1v) is 5.51. The molecule has 0 amide bonds. The lowest BCUT2D eigenvalue weighted by molar-refractivity contribution is 0.0930. The number of rotatable bonds is 2. The largest absolute Gasteiger partial charge is 0.399 e. The molecule has 3 nitrogen and oxygen atoms in total. The molecular formula is C12H18N2O. The van der Waals surface area contributed by atoms with Crippen LogP contribution in [0.25, 0.3) is 0 Å². The first-order valence-electron chi connectivity index (χ1n) is 5.51. The van der Waals surface area contributed by atoms with Crippen molar-refractivity contribution in [3.63, 3.8) is 0 Å². The van der Waals surface area contributed by atoms with Crippen LogP contribution in [0.4, 0.5) is 11.4 Å². The summed E-state index contributed by atoms with van der Waals surface area (Å²) < 4.78 is 5.48. The van der Waals surface area contributed by atoms with Crippen molar-refractivity contribution < 1.29 is 4.74 Å². The van der Waals surface area contributed by atoms with Crippen LogP contribution in [-0.4, -0.2) is 25.8 Å². The normalized spacial score (nSPS) is 21.7. The Morgan fingerprint density at radius 3 is 3.13 bits per heavy atom. The summed E-state index contributed by atoms with van der Waals surface area (Å²) in [6, 6.07) is 8.57. The van der Waals surface area contributed by atoms with Gasteiger partial charge >= 0.3 is 0 Å². The number of anilines is 2. The van der Waals surface area contributed by atoms with E-state index in [2.05, 4.69) is 17.9 Å². The molecule has 0 bridgehead atoms. The van der Waals surface area contributed by atoms with E-state index in [-0.39, 0.29) is 0 Å². The van der Waals surface area contributed by atoms with Crippen LogP contribution in [0.1, 0.15) is 13.3 Å². The minimum atomic E-state index is 0.487. The maximum absolute atomic E-state index is 5.79. The van der Waals surface area contributed by atoms with Crippen LogP contribution < -0.4 is 10.6 Å². The van der Waals surface area contributed by atoms with Crippen LogP contribution in [0.5, 0.6) is 0 Å². The zero-order valence-electron chi connectivity index (χ0n) is 9.15. The third kappa shape index (κ3) is 2.23. The number of ether oxygens (including phenoxy) is 1. The van der Waals surface area contributed by atoms with Gasteiger partial charge in [0.25, 0.3) is 0 Å². The van der Waals surface area contributed by atoms with Gasteiger partial charge in [-0.2, -0.15) is 0 Å². The quantitative estimate of drug-likeness (QED) is 0.751. The molecule has 1 heterocycles. The van der Waals surface area contributed by atoms with Gasteiger partial charge in [0.15, 0.2) is 0 Å². The molecule has 0 spiro atoms. The SMILES string of the molecule is CCC1COCCN1c1cccc(N)c1. The van der Waals surface area contributed by atoms with Gasteiger partial charge in [0.05, 0.1) is 19.3 Å². The van der Waals surface area contributed by atoms with E-state index in [9.17, 15) is 0 Å². The van der Waals surface area contributed by atoms with Crippen LogP contribution in [-0.2, 0) is 4.74 Å². The predicted octanol–water partition coefficient (Wildman–Crippen LogP) is 1.88. The molecule has 1 atom stereocenters. The summed E-state index contributed by atoms with van der Waals surface area (Å²) in [6.07, 6.45) is 1.11. The van der Waals surface area contributed by atoms with Crippen molar-refractivity contribution in [1.82, 2.24) is 0 Å². The summed E-state index contributed by atoms with van der Waals surface area (Å²) >= 11 is 0. The molecule has 82 valence electrons. The van der Waals surface area contributed by atoms with E-state index in [1.165, 1.54) is 5.69 Å². The molecule has 1 fully saturated rings. The smallest absolute Gasteiger partial charge is 0.0670 e. The van der Waals surface area contributed by atoms with E-state index >= 15 is 0 Å². The van der Waals surface area contributed by atoms with Gasteiger partial charge in [-0.25, -0.2) is 0 Å². The Hall–Kier alpha value is -1.22. The summed E-state index contributed by atoms with van der Waals surface area (Å²) in [7, 11) is 0. The zero-order valence-corrected chi connectivity index (χ0v) is 9.15. The first-order chi connectivity index (χ1) is 7.31. The van der Waals surface area contributed by atoms with Crippen molar-refractivity contribution in [3.8, 4) is 0 Å². The van der Waals surface area contributed by atoms with Crippen molar-refractivity contribution in [2.24, 2.45) is 0 Å². The lowest BCUT2D eigenvalue weighted by Crippen LogP contribution is -2.45. The second-order valence-corrected chi connectivity index (χ2v) is 3.93. The number of nitrogen functional groups attached to an aromatic ring is 1. The van der Waals surface area contributed by atoms with E-state index in [4.69, 9.17) is 10.5 Å². The highest BCUT2D eigenvalue weighted by atomic mass is 16.5. The maximum Gasteiger partial charge on any atom is 0.0670 e. The summed E-state index contributed by atoms with van der Waals surface area (Å²) in [4.78, 5) is 2.39. The average Bonchev–Trinajstić information content (AvgIpc) is 2.29. The minimum Gasteiger partial charge on any atom is -0.399 e. The second kappa shape index (κ2) is 4.53. The van der Waals surface area contributed by atoms with E-state index < -0.39 is 0 Å². The highest BCUT2D eigenvalue weighted by molar-refractivity contribution is 5.56. The number of nitrogens with two attached hydrogens (primary N) is 1. The molecule has 0 aromatic heterocycles. The van der Waals surface area contributed by atoms with Gasteiger partial charge in [-0.3, -0.25) is 0 Å². The molecule has 15 heavy (non-hydrogen) atoms. The highest BCUT2D eigenvalue weighted by Crippen LogP contribution is 2.22. The molecule has 0 saturated carbocycles. The van der Waals surface area contributed by atoms with Gasteiger partial charge in [0, 0.05) is 17.9 Å². The Balaban J connectivity index is 2.20. The van der Waals surface area contributed by atoms with Crippen molar-refractivity contribution in [1.29, 1.82) is 0 Å². The number of hydrogen-bond donors (Lipinski definition) is 1. The van der Waals surface area contributed by atoms with Gasteiger partial charge in [-0.05, 0) is 24.6 Å². The Morgan fingerprint density at radius 1 is 1.53 bits per heavy atom. The molecule has 0 radical (unpaired) electrons. The topological polar surface area (TPSA) is 38.5 Å². The summed E-state index contributed by atoms with van der Waals surface area (Å²) in [5.74, 6) is 0. The van der Waals surface area contributed by atoms with Crippen LogP contribution in [0, 0.1) is 0 Å². The Bertz CT molecular complexity index is 327. The van der Waals surface area contributed by atoms with Crippen molar-refractivity contribution in [2.75, 3.05) is 30.4 Å². The highest BCUT2D eigenvalue weighted by Gasteiger charge is 2.21. The summed E-state index contributed by atoms with van der Waals surface area (Å²) in [6.45, 7) is 4.79. The van der Waals surface area contributed by atoms with Crippen molar-refractivity contribution in [2.45, 2.75) is 19.4 Å². The van der Waals surface area contributed by atoms with E-state index in [0.29, 0.717) is 6.04 Å². The lowest BCUT2D eigenvalue weighted by atomic mass is 10.1. The lowest BCUT2D eigenvalue weighted by Gasteiger charge is -2.37. The van der Waals surface area contributed by atoms with Gasteiger partial charge < -0.3 is 15.4 Å². The van der Waals surface area contributed by atoms with E-state index in [0.717, 1.165) is 31.9 Å². The molecular weight excluding hydrogens is 188 g/mol. The summed E-state index contributed by atoms with van der Waals surface area (Å²) in [5, 5.41) is 0. The molecule has 1 saturated heterocycles. The van der Waals surface area contributed by atoms with Crippen LogP contribution in [0.15, 0.2) is 24.3 Å². The first kappa shape index (κ1) is 10.3. The molecule has 2 N–H and O–H groups in total. The van der Waals surface area contributed by atoms with Gasteiger partial charge in [-0.1, -0.05) is 13.0 Å². The molecule has 1 aromatic rings. The fraction of sp³-hybridized carbons (Fsp3) is 0.500. The Morgan fingerprint density at radius 2 is 2.40 bits per heavy atom. The van der Waals surface area contributed by atoms with Crippen LogP contribution in [0.3, 0.4) is 0 Å². The van der Waals surface area contributed by atoms with Crippen molar-refractivity contribution >= 4 is 11.4 Å². The molecule has 1 aromatic carbocycles. The van der Waals surface area contributed by atoms with Crippen molar-refractivity contribution in [3.05, 3.63) is 24.3 Å². The molecule has 1 unspecified atom stereocenters. The van der Waals surface area contributed by atoms with E-state index in [1.54, 1.807) is 0 Å². The van der Waals surface area contributed by atoms with Gasteiger partial charge in [-0.15, -0.1) is 0 Å². The average molecular weight is 206 g/mol. The number of morpholine rings is 1.